The average molecular weight is 320 g/mol. The topological polar surface area (TPSA) is 52.1 Å². The van der Waals surface area contributed by atoms with E-state index >= 15 is 0 Å². The van der Waals surface area contributed by atoms with Gasteiger partial charge >= 0.3 is 5.97 Å². The molecule has 0 aromatic carbocycles. The molecule has 0 amide bonds. The molecule has 1 heterocycles. The standard InChI is InChI=1S/C19H32N2O2/c1-5-6-7-8-9-10-11-12-13-23-19(22)14-18-17(4)20-15(2)16(3)21-18/h5-14H2,1-4H3. The quantitative estimate of drug-likeness (QED) is 0.440. The maximum atomic E-state index is 11.9. The molecule has 0 radical (unpaired) electrons. The zero-order valence-corrected chi connectivity index (χ0v) is 15.3. The lowest BCUT2D eigenvalue weighted by Gasteiger charge is -2.08. The number of rotatable bonds is 11. The third-order valence-electron chi connectivity index (χ3n) is 4.15. The molecule has 0 saturated carbocycles. The molecule has 0 saturated heterocycles. The molecule has 4 nitrogen and oxygen atoms in total. The van der Waals surface area contributed by atoms with E-state index in [4.69, 9.17) is 4.74 Å². The molecule has 0 aliphatic carbocycles. The van der Waals surface area contributed by atoms with Crippen LogP contribution in [0.25, 0.3) is 0 Å². The third kappa shape index (κ3) is 8.10. The van der Waals surface area contributed by atoms with Crippen molar-refractivity contribution in [1.82, 2.24) is 9.97 Å². The van der Waals surface area contributed by atoms with Crippen LogP contribution in [-0.4, -0.2) is 22.5 Å². The second kappa shape index (κ2) is 11.1. The monoisotopic (exact) mass is 320 g/mol. The van der Waals surface area contributed by atoms with Gasteiger partial charge in [0.1, 0.15) is 0 Å². The SMILES string of the molecule is CCCCCCCCCCOC(=O)Cc1nc(C)c(C)nc1C. The average Bonchev–Trinajstić information content (AvgIpc) is 2.51. The molecule has 0 unspecified atom stereocenters. The summed E-state index contributed by atoms with van der Waals surface area (Å²) in [6.07, 6.45) is 10.2. The van der Waals surface area contributed by atoms with Crippen molar-refractivity contribution < 1.29 is 9.53 Å². The number of hydrogen-bond donors (Lipinski definition) is 0. The molecule has 1 aromatic heterocycles. The molecular formula is C19H32N2O2. The molecule has 0 N–H and O–H groups in total. The van der Waals surface area contributed by atoms with Crippen LogP contribution in [-0.2, 0) is 16.0 Å². The van der Waals surface area contributed by atoms with Gasteiger partial charge in [0.05, 0.1) is 35.8 Å². The molecule has 0 fully saturated rings. The predicted octanol–water partition coefficient (Wildman–Crippen LogP) is 4.63. The molecule has 0 aliphatic heterocycles. The number of aromatic nitrogens is 2. The van der Waals surface area contributed by atoms with E-state index < -0.39 is 0 Å². The number of ether oxygens (including phenoxy) is 1. The molecule has 0 aliphatic rings. The molecule has 0 spiro atoms. The lowest BCUT2D eigenvalue weighted by atomic mass is 10.1. The number of aryl methyl sites for hydroxylation is 3. The van der Waals surface area contributed by atoms with Crippen LogP contribution in [0.4, 0.5) is 0 Å². The van der Waals surface area contributed by atoms with E-state index in [-0.39, 0.29) is 12.4 Å². The number of nitrogens with zero attached hydrogens (tertiary/aromatic N) is 2. The number of carbonyl (C=O) groups is 1. The van der Waals surface area contributed by atoms with Crippen LogP contribution in [0.1, 0.15) is 81.1 Å². The summed E-state index contributed by atoms with van der Waals surface area (Å²) in [5.41, 5.74) is 3.34. The van der Waals surface area contributed by atoms with E-state index in [9.17, 15) is 4.79 Å². The highest BCUT2D eigenvalue weighted by molar-refractivity contribution is 5.72. The maximum Gasteiger partial charge on any atom is 0.311 e. The highest BCUT2D eigenvalue weighted by atomic mass is 16.5. The van der Waals surface area contributed by atoms with Crippen molar-refractivity contribution in [3.63, 3.8) is 0 Å². The molecule has 0 atom stereocenters. The van der Waals surface area contributed by atoms with Crippen molar-refractivity contribution in [2.45, 2.75) is 85.5 Å². The predicted molar refractivity (Wildman–Crippen MR) is 93.5 cm³/mol. The van der Waals surface area contributed by atoms with Crippen LogP contribution in [0.5, 0.6) is 0 Å². The number of hydrogen-bond acceptors (Lipinski definition) is 4. The molecule has 130 valence electrons. The number of unbranched alkanes of at least 4 members (excludes halogenated alkanes) is 7. The van der Waals surface area contributed by atoms with Gasteiger partial charge in [0.25, 0.3) is 0 Å². The summed E-state index contributed by atoms with van der Waals surface area (Å²) in [5.74, 6) is -0.200. The Morgan fingerprint density at radius 1 is 0.826 bits per heavy atom. The summed E-state index contributed by atoms with van der Waals surface area (Å²) in [7, 11) is 0. The summed E-state index contributed by atoms with van der Waals surface area (Å²) in [6.45, 7) is 8.49. The molecule has 0 bridgehead atoms. The van der Waals surface area contributed by atoms with Gasteiger partial charge in [-0.3, -0.25) is 14.8 Å². The third-order valence-corrected chi connectivity index (χ3v) is 4.15. The Labute approximate surface area is 141 Å². The van der Waals surface area contributed by atoms with Crippen LogP contribution in [0.3, 0.4) is 0 Å². The van der Waals surface area contributed by atoms with Crippen molar-refractivity contribution >= 4 is 5.97 Å². The summed E-state index contributed by atoms with van der Waals surface area (Å²) < 4.78 is 5.31. The van der Waals surface area contributed by atoms with E-state index in [0.717, 1.165) is 35.6 Å². The highest BCUT2D eigenvalue weighted by Crippen LogP contribution is 2.10. The van der Waals surface area contributed by atoms with Gasteiger partial charge in [0.15, 0.2) is 0 Å². The van der Waals surface area contributed by atoms with Gasteiger partial charge in [-0.05, 0) is 27.2 Å². The molecule has 4 heteroatoms. The van der Waals surface area contributed by atoms with Crippen LogP contribution < -0.4 is 0 Å². The Hall–Kier alpha value is -1.45. The fraction of sp³-hybridized carbons (Fsp3) is 0.737. The molecular weight excluding hydrogens is 288 g/mol. The minimum Gasteiger partial charge on any atom is -0.465 e. The molecule has 23 heavy (non-hydrogen) atoms. The lowest BCUT2D eigenvalue weighted by molar-refractivity contribution is -0.143. The van der Waals surface area contributed by atoms with Crippen LogP contribution in [0.15, 0.2) is 0 Å². The van der Waals surface area contributed by atoms with Gasteiger partial charge in [-0.2, -0.15) is 0 Å². The largest absolute Gasteiger partial charge is 0.465 e. The second-order valence-corrected chi connectivity index (χ2v) is 6.30. The highest BCUT2D eigenvalue weighted by Gasteiger charge is 2.11. The van der Waals surface area contributed by atoms with Crippen LogP contribution in [0, 0.1) is 20.8 Å². The van der Waals surface area contributed by atoms with Gasteiger partial charge in [-0.25, -0.2) is 0 Å². The van der Waals surface area contributed by atoms with E-state index in [2.05, 4.69) is 16.9 Å². The van der Waals surface area contributed by atoms with Crippen molar-refractivity contribution in [3.8, 4) is 0 Å². The van der Waals surface area contributed by atoms with Crippen molar-refractivity contribution in [2.75, 3.05) is 6.61 Å². The smallest absolute Gasteiger partial charge is 0.311 e. The van der Waals surface area contributed by atoms with E-state index in [1.807, 2.05) is 20.8 Å². The molecule has 1 aromatic rings. The summed E-state index contributed by atoms with van der Waals surface area (Å²) in [4.78, 5) is 20.7. The molecule has 1 rings (SSSR count). The van der Waals surface area contributed by atoms with E-state index in [1.54, 1.807) is 0 Å². The Morgan fingerprint density at radius 3 is 2.04 bits per heavy atom. The summed E-state index contributed by atoms with van der Waals surface area (Å²) >= 11 is 0. The van der Waals surface area contributed by atoms with Crippen LogP contribution >= 0.6 is 0 Å². The summed E-state index contributed by atoms with van der Waals surface area (Å²) in [5, 5.41) is 0. The first kappa shape index (κ1) is 19.6. The van der Waals surface area contributed by atoms with E-state index in [0.29, 0.717) is 6.61 Å². The van der Waals surface area contributed by atoms with Gasteiger partial charge < -0.3 is 4.74 Å². The Bertz CT molecular complexity index is 487. The number of carbonyl (C=O) groups excluding carboxylic acids is 1. The van der Waals surface area contributed by atoms with Gasteiger partial charge in [0.2, 0.25) is 0 Å². The first-order valence-corrected chi connectivity index (χ1v) is 9.01. The fourth-order valence-electron chi connectivity index (χ4n) is 2.54. The van der Waals surface area contributed by atoms with Gasteiger partial charge in [-0.15, -0.1) is 0 Å². The van der Waals surface area contributed by atoms with Gasteiger partial charge in [-0.1, -0.05) is 51.9 Å². The van der Waals surface area contributed by atoms with Crippen LogP contribution in [0.2, 0.25) is 0 Å². The minimum atomic E-state index is -0.200. The summed E-state index contributed by atoms with van der Waals surface area (Å²) in [6, 6.07) is 0. The first-order valence-electron chi connectivity index (χ1n) is 9.01. The zero-order chi connectivity index (χ0) is 17.1. The number of esters is 1. The Morgan fingerprint density at radius 2 is 1.39 bits per heavy atom. The van der Waals surface area contributed by atoms with Crippen molar-refractivity contribution in [3.05, 3.63) is 22.8 Å². The maximum absolute atomic E-state index is 11.9. The van der Waals surface area contributed by atoms with Gasteiger partial charge in [0, 0.05) is 0 Å². The normalized spacial score (nSPS) is 10.8. The first-order chi connectivity index (χ1) is 11.0. The Balaban J connectivity index is 2.14. The minimum absolute atomic E-state index is 0.200. The Kier molecular flexibility index (Phi) is 9.49. The second-order valence-electron chi connectivity index (χ2n) is 6.30. The van der Waals surface area contributed by atoms with Crippen molar-refractivity contribution in [1.29, 1.82) is 0 Å². The van der Waals surface area contributed by atoms with E-state index in [1.165, 1.54) is 38.5 Å². The van der Waals surface area contributed by atoms with Crippen molar-refractivity contribution in [2.24, 2.45) is 0 Å². The fourth-order valence-corrected chi connectivity index (χ4v) is 2.54. The lowest BCUT2D eigenvalue weighted by Crippen LogP contribution is -2.13. The zero-order valence-electron chi connectivity index (χ0n) is 15.3.